The van der Waals surface area contributed by atoms with Gasteiger partial charge in [0.1, 0.15) is 0 Å². The van der Waals surface area contributed by atoms with Crippen molar-refractivity contribution < 1.29 is 4.74 Å². The van der Waals surface area contributed by atoms with Crippen molar-refractivity contribution in [3.63, 3.8) is 0 Å². The van der Waals surface area contributed by atoms with Crippen LogP contribution in [-0.2, 0) is 0 Å². The molecule has 1 heterocycles. The van der Waals surface area contributed by atoms with Gasteiger partial charge in [0.05, 0.1) is 24.0 Å². The fourth-order valence-corrected chi connectivity index (χ4v) is 1.59. The first-order valence-corrected chi connectivity index (χ1v) is 5.54. The maximum atomic E-state index is 6.03. The van der Waals surface area contributed by atoms with Gasteiger partial charge in [-0.3, -0.25) is 0 Å². The van der Waals surface area contributed by atoms with Crippen LogP contribution < -0.4 is 10.1 Å². The van der Waals surface area contributed by atoms with Crippen LogP contribution in [0.3, 0.4) is 0 Å². The maximum Gasteiger partial charge on any atom is 0.224 e. The summed E-state index contributed by atoms with van der Waals surface area (Å²) in [4.78, 5) is 7.87. The fraction of sp³-hybridized carbons (Fsp3) is 0.0909. The topological polar surface area (TPSA) is 47.0 Å². The summed E-state index contributed by atoms with van der Waals surface area (Å²) in [7, 11) is 1.53. The lowest BCUT2D eigenvalue weighted by atomic mass is 10.3. The maximum absolute atomic E-state index is 6.03. The number of para-hydroxylation sites is 1. The van der Waals surface area contributed by atoms with E-state index in [0.29, 0.717) is 16.6 Å². The quantitative estimate of drug-likeness (QED) is 0.866. The molecular formula is C11H9Cl2N3O. The smallest absolute Gasteiger partial charge is 0.224 e. The average molecular weight is 270 g/mol. The lowest BCUT2D eigenvalue weighted by Gasteiger charge is -2.10. The molecule has 0 aliphatic carbocycles. The molecule has 2 aromatic rings. The molecule has 0 saturated heterocycles. The Kier molecular flexibility index (Phi) is 3.66. The zero-order valence-electron chi connectivity index (χ0n) is 8.95. The Labute approximate surface area is 109 Å². The van der Waals surface area contributed by atoms with Gasteiger partial charge in [0.15, 0.2) is 11.6 Å². The molecule has 1 aromatic heterocycles. The number of benzene rings is 1. The highest BCUT2D eigenvalue weighted by Gasteiger charge is 2.08. The Bertz CT molecular complexity index is 534. The molecule has 0 aliphatic heterocycles. The van der Waals surface area contributed by atoms with Crippen LogP contribution in [0.4, 0.5) is 11.5 Å². The predicted octanol–water partition coefficient (Wildman–Crippen LogP) is 3.54. The summed E-state index contributed by atoms with van der Waals surface area (Å²) >= 11 is 11.8. The minimum absolute atomic E-state index is 0.139. The molecule has 88 valence electrons. The van der Waals surface area contributed by atoms with Crippen LogP contribution in [0.5, 0.6) is 5.75 Å². The van der Waals surface area contributed by atoms with Gasteiger partial charge in [0, 0.05) is 0 Å². The lowest BCUT2D eigenvalue weighted by Crippen LogP contribution is -1.99. The first-order chi connectivity index (χ1) is 8.20. The second-order valence-corrected chi connectivity index (χ2v) is 3.91. The molecular weight excluding hydrogens is 261 g/mol. The Balaban J connectivity index is 2.35. The SMILES string of the molecule is COc1cnc(Cl)nc1Nc1ccccc1Cl. The van der Waals surface area contributed by atoms with E-state index in [0.717, 1.165) is 5.69 Å². The molecule has 0 spiro atoms. The molecule has 2 rings (SSSR count). The Morgan fingerprint density at radius 2 is 2.00 bits per heavy atom. The number of nitrogens with one attached hydrogen (secondary N) is 1. The molecule has 0 saturated carbocycles. The van der Waals surface area contributed by atoms with Gasteiger partial charge in [0.2, 0.25) is 5.28 Å². The zero-order chi connectivity index (χ0) is 12.3. The molecule has 6 heteroatoms. The van der Waals surface area contributed by atoms with E-state index in [1.807, 2.05) is 18.2 Å². The molecule has 0 aliphatic rings. The van der Waals surface area contributed by atoms with E-state index in [2.05, 4.69) is 15.3 Å². The summed E-state index contributed by atoms with van der Waals surface area (Å²) in [5.74, 6) is 0.968. The van der Waals surface area contributed by atoms with Crippen LogP contribution in [0.15, 0.2) is 30.5 Å². The summed E-state index contributed by atoms with van der Waals surface area (Å²) in [5, 5.41) is 3.77. The van der Waals surface area contributed by atoms with Gasteiger partial charge in [-0.2, -0.15) is 4.98 Å². The summed E-state index contributed by atoms with van der Waals surface area (Å²) in [6, 6.07) is 7.32. The molecule has 0 radical (unpaired) electrons. The van der Waals surface area contributed by atoms with Gasteiger partial charge >= 0.3 is 0 Å². The molecule has 0 bridgehead atoms. The standard InChI is InChI=1S/C11H9Cl2N3O/c1-17-9-6-14-11(13)16-10(9)15-8-5-3-2-4-7(8)12/h2-6H,1H3,(H,14,15,16). The van der Waals surface area contributed by atoms with Crippen LogP contribution >= 0.6 is 23.2 Å². The second-order valence-electron chi connectivity index (χ2n) is 3.16. The van der Waals surface area contributed by atoms with Gasteiger partial charge in [-0.25, -0.2) is 4.98 Å². The summed E-state index contributed by atoms with van der Waals surface area (Å²) in [5.41, 5.74) is 0.724. The molecule has 17 heavy (non-hydrogen) atoms. The summed E-state index contributed by atoms with van der Waals surface area (Å²) < 4.78 is 5.12. The highest BCUT2D eigenvalue weighted by atomic mass is 35.5. The molecule has 1 aromatic carbocycles. The molecule has 1 N–H and O–H groups in total. The van der Waals surface area contributed by atoms with E-state index in [1.165, 1.54) is 13.3 Å². The van der Waals surface area contributed by atoms with Crippen molar-refractivity contribution >= 4 is 34.7 Å². The van der Waals surface area contributed by atoms with E-state index in [9.17, 15) is 0 Å². The molecule has 0 unspecified atom stereocenters. The van der Waals surface area contributed by atoms with E-state index >= 15 is 0 Å². The fourth-order valence-electron chi connectivity index (χ4n) is 1.28. The molecule has 4 nitrogen and oxygen atoms in total. The molecule has 0 amide bonds. The minimum atomic E-state index is 0.139. The Hall–Kier alpha value is -1.52. The van der Waals surface area contributed by atoms with E-state index < -0.39 is 0 Å². The zero-order valence-corrected chi connectivity index (χ0v) is 10.5. The third-order valence-electron chi connectivity index (χ3n) is 2.07. The second kappa shape index (κ2) is 5.21. The van der Waals surface area contributed by atoms with Crippen molar-refractivity contribution in [2.45, 2.75) is 0 Å². The van der Waals surface area contributed by atoms with E-state index in [-0.39, 0.29) is 5.28 Å². The lowest BCUT2D eigenvalue weighted by molar-refractivity contribution is 0.413. The van der Waals surface area contributed by atoms with Crippen LogP contribution in [0.25, 0.3) is 0 Å². The van der Waals surface area contributed by atoms with Crippen molar-refractivity contribution in [2.75, 3.05) is 12.4 Å². The monoisotopic (exact) mass is 269 g/mol. The number of anilines is 2. The highest BCUT2D eigenvalue weighted by molar-refractivity contribution is 6.33. The first-order valence-electron chi connectivity index (χ1n) is 4.79. The van der Waals surface area contributed by atoms with Crippen LogP contribution in [0, 0.1) is 0 Å². The van der Waals surface area contributed by atoms with Gasteiger partial charge in [0.25, 0.3) is 0 Å². The van der Waals surface area contributed by atoms with Crippen LogP contribution in [0.2, 0.25) is 10.3 Å². The van der Waals surface area contributed by atoms with Crippen LogP contribution in [0.1, 0.15) is 0 Å². The highest BCUT2D eigenvalue weighted by Crippen LogP contribution is 2.29. The predicted molar refractivity (Wildman–Crippen MR) is 68.3 cm³/mol. The number of ether oxygens (including phenoxy) is 1. The average Bonchev–Trinajstić information content (AvgIpc) is 2.32. The van der Waals surface area contributed by atoms with Gasteiger partial charge < -0.3 is 10.1 Å². The Morgan fingerprint density at radius 3 is 2.71 bits per heavy atom. The number of hydrogen-bond donors (Lipinski definition) is 1. The first kappa shape index (κ1) is 12.0. The number of aromatic nitrogens is 2. The molecule has 0 atom stereocenters. The largest absolute Gasteiger partial charge is 0.491 e. The number of halogens is 2. The van der Waals surface area contributed by atoms with Crippen molar-refractivity contribution in [1.29, 1.82) is 0 Å². The van der Waals surface area contributed by atoms with Crippen LogP contribution in [-0.4, -0.2) is 17.1 Å². The minimum Gasteiger partial charge on any atom is -0.491 e. The third-order valence-corrected chi connectivity index (χ3v) is 2.58. The van der Waals surface area contributed by atoms with E-state index in [4.69, 9.17) is 27.9 Å². The van der Waals surface area contributed by atoms with E-state index in [1.54, 1.807) is 6.07 Å². The van der Waals surface area contributed by atoms with Crippen molar-refractivity contribution in [3.05, 3.63) is 40.8 Å². The van der Waals surface area contributed by atoms with Crippen molar-refractivity contribution in [2.24, 2.45) is 0 Å². The van der Waals surface area contributed by atoms with Gasteiger partial charge in [-0.1, -0.05) is 23.7 Å². The van der Waals surface area contributed by atoms with Gasteiger partial charge in [-0.05, 0) is 23.7 Å². The summed E-state index contributed by atoms with van der Waals surface area (Å²) in [6.07, 6.45) is 1.49. The number of rotatable bonds is 3. The van der Waals surface area contributed by atoms with Crippen molar-refractivity contribution in [1.82, 2.24) is 9.97 Å². The Morgan fingerprint density at radius 1 is 1.24 bits per heavy atom. The summed E-state index contributed by atoms with van der Waals surface area (Å²) in [6.45, 7) is 0. The third kappa shape index (κ3) is 2.78. The number of hydrogen-bond acceptors (Lipinski definition) is 4. The van der Waals surface area contributed by atoms with Crippen molar-refractivity contribution in [3.8, 4) is 5.75 Å². The normalized spacial score (nSPS) is 10.1. The number of nitrogens with zero attached hydrogens (tertiary/aromatic N) is 2. The van der Waals surface area contributed by atoms with Gasteiger partial charge in [-0.15, -0.1) is 0 Å². The number of methoxy groups -OCH3 is 1. The molecule has 0 fully saturated rings.